The van der Waals surface area contributed by atoms with E-state index in [1.54, 1.807) is 20.8 Å². The number of thioether (sulfide) groups is 1. The quantitative estimate of drug-likeness (QED) is 0.592. The fourth-order valence-electron chi connectivity index (χ4n) is 1.11. The number of carbonyl (C=O) groups is 1. The maximum absolute atomic E-state index is 11.4. The van der Waals surface area contributed by atoms with Crippen LogP contribution in [0.15, 0.2) is 9.95 Å². The lowest BCUT2D eigenvalue weighted by atomic mass is 10.3. The van der Waals surface area contributed by atoms with Gasteiger partial charge in [0.05, 0.1) is 11.2 Å². The Bertz CT molecular complexity index is 456. The van der Waals surface area contributed by atoms with Crippen LogP contribution in [0.3, 0.4) is 0 Å². The van der Waals surface area contributed by atoms with Crippen LogP contribution in [0.4, 0.5) is 0 Å². The van der Waals surface area contributed by atoms with Gasteiger partial charge in [0, 0.05) is 11.3 Å². The van der Waals surface area contributed by atoms with Crippen molar-refractivity contribution in [3.63, 3.8) is 0 Å². The number of aryl methyl sites for hydroxylation is 1. The Hall–Kier alpha value is -1.30. The lowest BCUT2D eigenvalue weighted by Crippen LogP contribution is -2.33. The van der Waals surface area contributed by atoms with Crippen molar-refractivity contribution in [1.82, 2.24) is 9.97 Å². The number of hydrogen-bond donors (Lipinski definition) is 1. The van der Waals surface area contributed by atoms with Crippen LogP contribution in [-0.4, -0.2) is 21.2 Å². The first-order chi connectivity index (χ1) is 7.45. The first-order valence-electron chi connectivity index (χ1n) is 4.90. The average Bonchev–Trinajstić information content (AvgIpc) is 2.21. The SMILES string of the molecule is CC[C@@H](Sc1nc(C)c(C)c(=O)[nH]1)C(=O)[O-]. The van der Waals surface area contributed by atoms with E-state index in [0.29, 0.717) is 22.8 Å². The number of aliphatic carboxylic acids is 1. The topological polar surface area (TPSA) is 85.9 Å². The van der Waals surface area contributed by atoms with Gasteiger partial charge in [0.15, 0.2) is 5.16 Å². The fourth-order valence-corrected chi connectivity index (χ4v) is 1.98. The molecule has 0 radical (unpaired) electrons. The van der Waals surface area contributed by atoms with Crippen molar-refractivity contribution in [3.8, 4) is 0 Å². The molecule has 6 heteroatoms. The molecule has 0 aliphatic carbocycles. The average molecular weight is 241 g/mol. The van der Waals surface area contributed by atoms with E-state index < -0.39 is 11.2 Å². The molecule has 5 nitrogen and oxygen atoms in total. The second-order valence-corrected chi connectivity index (χ2v) is 4.61. The molecular formula is C10H13N2O3S-. The predicted octanol–water partition coefficient (Wildman–Crippen LogP) is 0.00734. The van der Waals surface area contributed by atoms with Crippen LogP contribution in [0.2, 0.25) is 0 Å². The van der Waals surface area contributed by atoms with Crippen LogP contribution < -0.4 is 10.7 Å². The Labute approximate surface area is 97.3 Å². The monoisotopic (exact) mass is 241 g/mol. The Kier molecular flexibility index (Phi) is 4.12. The van der Waals surface area contributed by atoms with Gasteiger partial charge in [-0.3, -0.25) is 4.79 Å². The van der Waals surface area contributed by atoms with Crippen LogP contribution in [0.1, 0.15) is 24.6 Å². The molecule has 88 valence electrons. The summed E-state index contributed by atoms with van der Waals surface area (Å²) in [6, 6.07) is 0. The van der Waals surface area contributed by atoms with Gasteiger partial charge in [-0.25, -0.2) is 4.98 Å². The minimum atomic E-state index is -1.15. The summed E-state index contributed by atoms with van der Waals surface area (Å²) in [7, 11) is 0. The molecule has 0 aromatic carbocycles. The molecule has 0 amide bonds. The summed E-state index contributed by atoms with van der Waals surface area (Å²) in [6.07, 6.45) is 0.420. The maximum atomic E-state index is 11.4. The molecule has 0 aliphatic heterocycles. The van der Waals surface area contributed by atoms with E-state index in [9.17, 15) is 14.7 Å². The van der Waals surface area contributed by atoms with Crippen molar-refractivity contribution in [2.45, 2.75) is 37.6 Å². The Morgan fingerprint density at radius 1 is 1.56 bits per heavy atom. The maximum Gasteiger partial charge on any atom is 0.254 e. The Morgan fingerprint density at radius 3 is 2.62 bits per heavy atom. The van der Waals surface area contributed by atoms with Crippen LogP contribution in [-0.2, 0) is 4.79 Å². The molecule has 1 aromatic heterocycles. The van der Waals surface area contributed by atoms with E-state index in [2.05, 4.69) is 9.97 Å². The minimum absolute atomic E-state index is 0.233. The highest BCUT2D eigenvalue weighted by Crippen LogP contribution is 2.20. The smallest absolute Gasteiger partial charge is 0.254 e. The minimum Gasteiger partial charge on any atom is -0.549 e. The van der Waals surface area contributed by atoms with Crippen molar-refractivity contribution in [3.05, 3.63) is 21.6 Å². The summed E-state index contributed by atoms with van der Waals surface area (Å²) >= 11 is 1.01. The first-order valence-corrected chi connectivity index (χ1v) is 5.78. The van der Waals surface area contributed by atoms with Crippen molar-refractivity contribution in [1.29, 1.82) is 0 Å². The molecule has 1 aromatic rings. The number of carboxylic acid groups (broad SMARTS) is 1. The number of rotatable bonds is 4. The Morgan fingerprint density at radius 2 is 2.19 bits per heavy atom. The van der Waals surface area contributed by atoms with E-state index in [4.69, 9.17) is 0 Å². The molecule has 0 saturated heterocycles. The third-order valence-corrected chi connectivity index (χ3v) is 3.49. The van der Waals surface area contributed by atoms with Crippen molar-refractivity contribution < 1.29 is 9.90 Å². The van der Waals surface area contributed by atoms with Gasteiger partial charge in [-0.1, -0.05) is 18.7 Å². The summed E-state index contributed by atoms with van der Waals surface area (Å²) in [5.41, 5.74) is 0.925. The fraction of sp³-hybridized carbons (Fsp3) is 0.500. The van der Waals surface area contributed by atoms with Gasteiger partial charge in [-0.05, 0) is 20.3 Å². The molecular weight excluding hydrogens is 228 g/mol. The highest BCUT2D eigenvalue weighted by Gasteiger charge is 2.12. The number of hydrogen-bond acceptors (Lipinski definition) is 5. The zero-order chi connectivity index (χ0) is 12.3. The van der Waals surface area contributed by atoms with E-state index >= 15 is 0 Å². The number of carboxylic acids is 1. The molecule has 0 bridgehead atoms. The van der Waals surface area contributed by atoms with Crippen LogP contribution in [0, 0.1) is 13.8 Å². The zero-order valence-corrected chi connectivity index (χ0v) is 10.2. The molecule has 1 heterocycles. The molecule has 0 spiro atoms. The number of aromatic amines is 1. The van der Waals surface area contributed by atoms with Crippen molar-refractivity contribution in [2.75, 3.05) is 0 Å². The van der Waals surface area contributed by atoms with Gasteiger partial charge >= 0.3 is 0 Å². The largest absolute Gasteiger partial charge is 0.549 e. The molecule has 1 N–H and O–H groups in total. The van der Waals surface area contributed by atoms with Gasteiger partial charge in [-0.2, -0.15) is 0 Å². The van der Waals surface area contributed by atoms with Gasteiger partial charge in [0.25, 0.3) is 5.56 Å². The number of carbonyl (C=O) groups excluding carboxylic acids is 1. The molecule has 0 unspecified atom stereocenters. The zero-order valence-electron chi connectivity index (χ0n) is 9.36. The molecule has 1 atom stereocenters. The van der Waals surface area contributed by atoms with E-state index in [-0.39, 0.29) is 5.56 Å². The molecule has 0 saturated carbocycles. The third-order valence-electron chi connectivity index (χ3n) is 2.26. The van der Waals surface area contributed by atoms with E-state index in [0.717, 1.165) is 11.8 Å². The van der Waals surface area contributed by atoms with Crippen LogP contribution >= 0.6 is 11.8 Å². The standard InChI is InChI=1S/C10H14N2O3S/c1-4-7(9(14)15)16-10-11-6(3)5(2)8(13)12-10/h7H,4H2,1-3H3,(H,14,15)(H,11,12,13)/p-1/t7-/m1/s1. The second kappa shape index (κ2) is 5.16. The normalized spacial score (nSPS) is 12.4. The molecule has 16 heavy (non-hydrogen) atoms. The van der Waals surface area contributed by atoms with Gasteiger partial charge < -0.3 is 14.9 Å². The number of nitrogens with one attached hydrogen (secondary N) is 1. The van der Waals surface area contributed by atoms with E-state index in [1.807, 2.05) is 0 Å². The molecule has 1 rings (SSSR count). The summed E-state index contributed by atoms with van der Waals surface area (Å²) in [5.74, 6) is -1.15. The highest BCUT2D eigenvalue weighted by molar-refractivity contribution is 8.00. The number of nitrogens with zero attached hydrogens (tertiary/aromatic N) is 1. The molecule has 0 aliphatic rings. The van der Waals surface area contributed by atoms with Gasteiger partial charge in [0.2, 0.25) is 0 Å². The van der Waals surface area contributed by atoms with Crippen molar-refractivity contribution >= 4 is 17.7 Å². The summed E-state index contributed by atoms with van der Waals surface area (Å²) in [4.78, 5) is 28.8. The summed E-state index contributed by atoms with van der Waals surface area (Å²) in [6.45, 7) is 5.13. The Balaban J connectivity index is 2.98. The van der Waals surface area contributed by atoms with Crippen LogP contribution in [0.25, 0.3) is 0 Å². The lowest BCUT2D eigenvalue weighted by Gasteiger charge is -2.14. The van der Waals surface area contributed by atoms with E-state index in [1.165, 1.54) is 0 Å². The van der Waals surface area contributed by atoms with Gasteiger partial charge in [-0.15, -0.1) is 0 Å². The van der Waals surface area contributed by atoms with Gasteiger partial charge in [0.1, 0.15) is 0 Å². The number of H-pyrrole nitrogens is 1. The molecule has 0 fully saturated rings. The highest BCUT2D eigenvalue weighted by atomic mass is 32.2. The second-order valence-electron chi connectivity index (χ2n) is 3.42. The number of aromatic nitrogens is 2. The lowest BCUT2D eigenvalue weighted by molar-refractivity contribution is -0.304. The van der Waals surface area contributed by atoms with Crippen molar-refractivity contribution in [2.24, 2.45) is 0 Å². The third kappa shape index (κ3) is 2.85. The summed E-state index contributed by atoms with van der Waals surface area (Å²) in [5, 5.41) is 10.4. The predicted molar refractivity (Wildman–Crippen MR) is 59.3 cm³/mol. The van der Waals surface area contributed by atoms with Crippen LogP contribution in [0.5, 0.6) is 0 Å². The first kappa shape index (κ1) is 12.8. The summed E-state index contributed by atoms with van der Waals surface area (Å²) < 4.78 is 0.